The topological polar surface area (TPSA) is 46.1 Å². The van der Waals surface area contributed by atoms with E-state index in [1.165, 1.54) is 30.5 Å². The van der Waals surface area contributed by atoms with Gasteiger partial charge < -0.3 is 15.2 Å². The summed E-state index contributed by atoms with van der Waals surface area (Å²) in [5.41, 5.74) is 3.40. The van der Waals surface area contributed by atoms with Crippen molar-refractivity contribution in [2.75, 3.05) is 0 Å². The van der Waals surface area contributed by atoms with Crippen LogP contribution in [0.25, 0.3) is 10.9 Å². The zero-order valence-electron chi connectivity index (χ0n) is 14.1. The number of carbonyl (C=O) groups is 1. The number of nitrogens with one attached hydrogen (secondary N) is 2. The van der Waals surface area contributed by atoms with E-state index in [2.05, 4.69) is 33.4 Å². The van der Waals surface area contributed by atoms with E-state index in [4.69, 9.17) is 0 Å². The first-order chi connectivity index (χ1) is 11.8. The van der Waals surface area contributed by atoms with Crippen molar-refractivity contribution >= 4 is 16.8 Å². The second-order valence-electron chi connectivity index (χ2n) is 7.73. The fraction of sp³-hybridized carbons (Fsp3) is 0.550. The van der Waals surface area contributed by atoms with Crippen LogP contribution in [-0.4, -0.2) is 28.6 Å². The molecule has 24 heavy (non-hydrogen) atoms. The fourth-order valence-corrected chi connectivity index (χ4v) is 5.17. The summed E-state index contributed by atoms with van der Waals surface area (Å²) in [6, 6.07) is 9.89. The molecule has 4 heteroatoms. The van der Waals surface area contributed by atoms with Crippen molar-refractivity contribution in [2.24, 2.45) is 0 Å². The lowest BCUT2D eigenvalue weighted by molar-refractivity contribution is 0.0908. The minimum atomic E-state index is 0.145. The number of rotatable bonds is 2. The van der Waals surface area contributed by atoms with E-state index in [1.54, 1.807) is 0 Å². The van der Waals surface area contributed by atoms with Crippen LogP contribution in [0.1, 0.15) is 54.6 Å². The van der Waals surface area contributed by atoms with Crippen LogP contribution in [0.2, 0.25) is 0 Å². The van der Waals surface area contributed by atoms with Crippen molar-refractivity contribution in [2.45, 2.75) is 69.6 Å². The number of benzene rings is 1. The summed E-state index contributed by atoms with van der Waals surface area (Å²) in [4.78, 5) is 13.1. The molecule has 1 amide bonds. The Bertz CT molecular complexity index is 782. The third-order valence-corrected chi connectivity index (χ3v) is 6.15. The minimum Gasteiger partial charge on any atom is -0.349 e. The molecule has 3 aliphatic rings. The zero-order valence-corrected chi connectivity index (χ0v) is 14.1. The summed E-state index contributed by atoms with van der Waals surface area (Å²) in [7, 11) is 0. The van der Waals surface area contributed by atoms with Crippen molar-refractivity contribution in [3.8, 4) is 0 Å². The maximum Gasteiger partial charge on any atom is 0.253 e. The van der Waals surface area contributed by atoms with E-state index in [0.29, 0.717) is 18.1 Å². The van der Waals surface area contributed by atoms with Crippen LogP contribution in [-0.2, 0) is 13.0 Å². The van der Waals surface area contributed by atoms with E-state index in [1.807, 2.05) is 6.07 Å². The zero-order chi connectivity index (χ0) is 16.1. The highest BCUT2D eigenvalue weighted by Crippen LogP contribution is 2.32. The highest BCUT2D eigenvalue weighted by Gasteiger charge is 2.33. The van der Waals surface area contributed by atoms with E-state index in [9.17, 15) is 4.79 Å². The SMILES string of the molecule is O=C(NC1CC2CCCC(C1)N2)c1c2n(c3ccccc13)CCC2. The Kier molecular flexibility index (Phi) is 3.40. The molecule has 4 heterocycles. The number of para-hydroxylation sites is 1. The normalized spacial score (nSPS) is 28.8. The number of aromatic nitrogens is 1. The van der Waals surface area contributed by atoms with Crippen molar-refractivity contribution in [3.05, 3.63) is 35.5 Å². The Morgan fingerprint density at radius 2 is 1.92 bits per heavy atom. The molecule has 1 aromatic heterocycles. The maximum atomic E-state index is 13.1. The number of fused-ring (bicyclic) bond motifs is 5. The maximum absolute atomic E-state index is 13.1. The van der Waals surface area contributed by atoms with Crippen LogP contribution in [0.15, 0.2) is 24.3 Å². The molecule has 2 N–H and O–H groups in total. The van der Waals surface area contributed by atoms with Gasteiger partial charge in [0.05, 0.1) is 5.56 Å². The highest BCUT2D eigenvalue weighted by molar-refractivity contribution is 6.08. The quantitative estimate of drug-likeness (QED) is 0.892. The predicted octanol–water partition coefficient (Wildman–Crippen LogP) is 2.99. The lowest BCUT2D eigenvalue weighted by Gasteiger charge is -2.40. The number of nitrogens with zero attached hydrogens (tertiary/aromatic N) is 1. The summed E-state index contributed by atoms with van der Waals surface area (Å²) in [5.74, 6) is 0.145. The molecule has 2 saturated heterocycles. The van der Waals surface area contributed by atoms with Gasteiger partial charge in [-0.2, -0.15) is 0 Å². The van der Waals surface area contributed by atoms with Gasteiger partial charge in [0.25, 0.3) is 5.91 Å². The van der Waals surface area contributed by atoms with E-state index in [-0.39, 0.29) is 5.91 Å². The van der Waals surface area contributed by atoms with Gasteiger partial charge >= 0.3 is 0 Å². The van der Waals surface area contributed by atoms with Crippen LogP contribution < -0.4 is 10.6 Å². The Morgan fingerprint density at radius 1 is 1.12 bits per heavy atom. The van der Waals surface area contributed by atoms with Gasteiger partial charge in [-0.15, -0.1) is 0 Å². The molecule has 0 aliphatic carbocycles. The summed E-state index contributed by atoms with van der Waals surface area (Å²) in [5, 5.41) is 8.21. The molecule has 2 aromatic rings. The van der Waals surface area contributed by atoms with Crippen molar-refractivity contribution in [1.82, 2.24) is 15.2 Å². The molecular formula is C20H25N3O. The minimum absolute atomic E-state index is 0.145. The standard InChI is InChI=1S/C20H25N3O/c24-20(22-15-11-13-5-3-6-14(12-15)21-13)19-16-7-1-2-8-17(16)23-10-4-9-18(19)23/h1-2,7-8,13-15,21H,3-6,9-12H2,(H,22,24). The molecule has 2 unspecified atom stereocenters. The molecule has 0 radical (unpaired) electrons. The molecule has 3 aliphatic heterocycles. The van der Waals surface area contributed by atoms with Gasteiger partial charge in [0.1, 0.15) is 0 Å². The fourth-order valence-electron chi connectivity index (χ4n) is 5.17. The molecule has 0 saturated carbocycles. The molecular weight excluding hydrogens is 298 g/mol. The number of hydrogen-bond donors (Lipinski definition) is 2. The second kappa shape index (κ2) is 5.62. The average molecular weight is 323 g/mol. The van der Waals surface area contributed by atoms with Gasteiger partial charge in [-0.3, -0.25) is 4.79 Å². The molecule has 2 bridgehead atoms. The Balaban J connectivity index is 1.44. The van der Waals surface area contributed by atoms with E-state index >= 15 is 0 Å². The molecule has 5 rings (SSSR count). The monoisotopic (exact) mass is 323 g/mol. The highest BCUT2D eigenvalue weighted by atomic mass is 16.1. The predicted molar refractivity (Wildman–Crippen MR) is 95.3 cm³/mol. The molecule has 1 aromatic carbocycles. The van der Waals surface area contributed by atoms with Crippen molar-refractivity contribution < 1.29 is 4.79 Å². The number of piperidine rings is 2. The Hall–Kier alpha value is -1.81. The van der Waals surface area contributed by atoms with E-state index in [0.717, 1.165) is 43.2 Å². The van der Waals surface area contributed by atoms with Crippen LogP contribution >= 0.6 is 0 Å². The van der Waals surface area contributed by atoms with E-state index < -0.39 is 0 Å². The molecule has 0 spiro atoms. The molecule has 126 valence electrons. The van der Waals surface area contributed by atoms with Crippen LogP contribution in [0.3, 0.4) is 0 Å². The average Bonchev–Trinajstić information content (AvgIpc) is 3.14. The lowest BCUT2D eigenvalue weighted by Crippen LogP contribution is -2.54. The summed E-state index contributed by atoms with van der Waals surface area (Å²) >= 11 is 0. The Labute approximate surface area is 142 Å². The van der Waals surface area contributed by atoms with Crippen LogP contribution in [0.5, 0.6) is 0 Å². The van der Waals surface area contributed by atoms with Gasteiger partial charge in [0.2, 0.25) is 0 Å². The summed E-state index contributed by atoms with van der Waals surface area (Å²) in [6.07, 6.45) is 8.18. The number of carbonyl (C=O) groups excluding carboxylic acids is 1. The molecule has 2 atom stereocenters. The first-order valence-corrected chi connectivity index (χ1v) is 9.46. The number of amides is 1. The Morgan fingerprint density at radius 3 is 2.75 bits per heavy atom. The first-order valence-electron chi connectivity index (χ1n) is 9.46. The number of aryl methyl sites for hydroxylation is 1. The third-order valence-electron chi connectivity index (χ3n) is 6.15. The first kappa shape index (κ1) is 14.5. The lowest BCUT2D eigenvalue weighted by atomic mass is 9.84. The van der Waals surface area contributed by atoms with Crippen LogP contribution in [0.4, 0.5) is 0 Å². The number of hydrogen-bond acceptors (Lipinski definition) is 2. The molecule has 4 nitrogen and oxygen atoms in total. The van der Waals surface area contributed by atoms with Gasteiger partial charge in [-0.25, -0.2) is 0 Å². The summed E-state index contributed by atoms with van der Waals surface area (Å²) in [6.45, 7) is 1.04. The van der Waals surface area contributed by atoms with Gasteiger partial charge in [0, 0.05) is 41.3 Å². The van der Waals surface area contributed by atoms with Gasteiger partial charge in [-0.1, -0.05) is 24.6 Å². The second-order valence-corrected chi connectivity index (χ2v) is 7.73. The van der Waals surface area contributed by atoms with Crippen LogP contribution in [0, 0.1) is 0 Å². The smallest absolute Gasteiger partial charge is 0.253 e. The summed E-state index contributed by atoms with van der Waals surface area (Å²) < 4.78 is 2.35. The van der Waals surface area contributed by atoms with Gasteiger partial charge in [-0.05, 0) is 44.6 Å². The van der Waals surface area contributed by atoms with Crippen molar-refractivity contribution in [1.29, 1.82) is 0 Å². The molecule has 2 fully saturated rings. The van der Waals surface area contributed by atoms with Gasteiger partial charge in [0.15, 0.2) is 0 Å². The van der Waals surface area contributed by atoms with Crippen molar-refractivity contribution in [3.63, 3.8) is 0 Å². The third kappa shape index (κ3) is 2.27. The largest absolute Gasteiger partial charge is 0.349 e.